The highest BCUT2D eigenvalue weighted by Crippen LogP contribution is 2.30. The number of aliphatic imine (C=N–C) groups is 1. The van der Waals surface area contributed by atoms with Crippen molar-refractivity contribution in [2.45, 2.75) is 53.0 Å². The molecule has 7 nitrogen and oxygen atoms in total. The summed E-state index contributed by atoms with van der Waals surface area (Å²) in [5, 5.41) is 16.0. The maximum atomic E-state index is 14.1. The van der Waals surface area contributed by atoms with Gasteiger partial charge in [-0.3, -0.25) is 4.99 Å². The van der Waals surface area contributed by atoms with Gasteiger partial charge in [0, 0.05) is 29.2 Å². The highest BCUT2D eigenvalue weighted by molar-refractivity contribution is 6.22. The van der Waals surface area contributed by atoms with Crippen molar-refractivity contribution in [2.24, 2.45) is 10.7 Å². The summed E-state index contributed by atoms with van der Waals surface area (Å²) in [6, 6.07) is 2.65. The van der Waals surface area contributed by atoms with E-state index in [1.807, 2.05) is 27.7 Å². The molecule has 2 aromatic rings. The minimum absolute atomic E-state index is 0.245. The summed E-state index contributed by atoms with van der Waals surface area (Å²) in [6.45, 7) is 9.75. The minimum atomic E-state index is -2.91. The number of allylic oxidation sites excluding steroid dienone is 1. The third-order valence-corrected chi connectivity index (χ3v) is 4.58. The Kier molecular flexibility index (Phi) is 10.1. The van der Waals surface area contributed by atoms with Gasteiger partial charge in [-0.05, 0) is 26.0 Å². The number of fused-ring (bicyclic) bond motifs is 1. The van der Waals surface area contributed by atoms with Crippen LogP contribution in [0.3, 0.4) is 0 Å². The van der Waals surface area contributed by atoms with Gasteiger partial charge in [0.25, 0.3) is 5.92 Å². The van der Waals surface area contributed by atoms with Crippen molar-refractivity contribution in [3.63, 3.8) is 0 Å². The fourth-order valence-electron chi connectivity index (χ4n) is 3.18. The summed E-state index contributed by atoms with van der Waals surface area (Å²) in [5.41, 5.74) is 8.18. The van der Waals surface area contributed by atoms with Gasteiger partial charge in [0.05, 0.1) is 19.9 Å². The summed E-state index contributed by atoms with van der Waals surface area (Å²) >= 11 is 0. The fourth-order valence-corrected chi connectivity index (χ4v) is 3.18. The van der Waals surface area contributed by atoms with E-state index in [-0.39, 0.29) is 13.0 Å². The van der Waals surface area contributed by atoms with Crippen LogP contribution in [0, 0.1) is 11.3 Å². The number of ether oxygens (including phenoxy) is 1. The quantitative estimate of drug-likeness (QED) is 0.708. The number of nitrogens with zero attached hydrogens (tertiary/aromatic N) is 4. The Hall–Kier alpha value is -2.99. The Balaban J connectivity index is 0.00000113. The van der Waals surface area contributed by atoms with Gasteiger partial charge in [-0.1, -0.05) is 27.7 Å². The first-order valence-corrected chi connectivity index (χ1v) is 10.4. The zero-order valence-electron chi connectivity index (χ0n) is 19.0. The molecule has 1 aliphatic rings. The number of halogens is 2. The molecule has 1 atom stereocenters. The number of aromatic nitrogens is 2. The summed E-state index contributed by atoms with van der Waals surface area (Å²) in [6.07, 6.45) is 4.67. The predicted octanol–water partition coefficient (Wildman–Crippen LogP) is 4.02. The number of nitrogens with two attached hydrogens (primary N) is 1. The third kappa shape index (κ3) is 5.79. The predicted molar refractivity (Wildman–Crippen MR) is 121 cm³/mol. The molecule has 9 heteroatoms. The van der Waals surface area contributed by atoms with Crippen LogP contribution in [0.5, 0.6) is 5.75 Å². The molecule has 31 heavy (non-hydrogen) atoms. The first kappa shape index (κ1) is 26.0. The number of pyridine rings is 1. The Bertz CT molecular complexity index is 959. The Morgan fingerprint density at radius 3 is 2.65 bits per heavy atom. The zero-order chi connectivity index (χ0) is 23.6. The number of methoxy groups -OCH3 is 1. The molecule has 0 saturated carbocycles. The van der Waals surface area contributed by atoms with Crippen LogP contribution in [0.25, 0.3) is 11.1 Å². The van der Waals surface area contributed by atoms with Gasteiger partial charge in [0.2, 0.25) is 0 Å². The second-order valence-corrected chi connectivity index (χ2v) is 6.30. The molecule has 1 fully saturated rings. The summed E-state index contributed by atoms with van der Waals surface area (Å²) in [5.74, 6) is -2.48. The highest BCUT2D eigenvalue weighted by Gasteiger charge is 2.41. The second-order valence-electron chi connectivity index (χ2n) is 6.30. The summed E-state index contributed by atoms with van der Waals surface area (Å²) < 4.78 is 35.0. The number of nitriles is 1. The van der Waals surface area contributed by atoms with Crippen molar-refractivity contribution in [2.75, 3.05) is 20.2 Å². The lowest BCUT2D eigenvalue weighted by molar-refractivity contribution is -0.0379. The van der Waals surface area contributed by atoms with Crippen molar-refractivity contribution in [1.82, 2.24) is 14.9 Å². The molecule has 1 unspecified atom stereocenters. The maximum absolute atomic E-state index is 14.1. The van der Waals surface area contributed by atoms with Crippen molar-refractivity contribution in [3.8, 4) is 11.8 Å². The highest BCUT2D eigenvalue weighted by atomic mass is 19.3. The molecule has 0 aromatic carbocycles. The van der Waals surface area contributed by atoms with Crippen molar-refractivity contribution >= 4 is 16.8 Å². The summed E-state index contributed by atoms with van der Waals surface area (Å²) in [7, 11) is 1.48. The van der Waals surface area contributed by atoms with Crippen molar-refractivity contribution in [1.29, 1.82) is 5.26 Å². The van der Waals surface area contributed by atoms with Gasteiger partial charge in [-0.25, -0.2) is 13.3 Å². The van der Waals surface area contributed by atoms with E-state index in [0.717, 1.165) is 0 Å². The molecule has 1 aliphatic heterocycles. The smallest absolute Gasteiger partial charge is 0.282 e. The third-order valence-electron chi connectivity index (χ3n) is 4.58. The molecule has 0 spiro atoms. The van der Waals surface area contributed by atoms with Crippen LogP contribution in [0.15, 0.2) is 29.7 Å². The number of nitrogens with one attached hydrogen (secondary N) is 1. The molecule has 2 aromatic heterocycles. The first-order chi connectivity index (χ1) is 14.9. The van der Waals surface area contributed by atoms with E-state index in [2.05, 4.69) is 21.5 Å². The van der Waals surface area contributed by atoms with Crippen LogP contribution in [0.4, 0.5) is 8.78 Å². The number of piperidine rings is 1. The molecule has 0 radical (unpaired) electrons. The van der Waals surface area contributed by atoms with Gasteiger partial charge in [-0.2, -0.15) is 10.4 Å². The standard InChI is InChI=1S/C18H20F2N6O.2C2H6/c1-11(25-16-3-4-23-10-18(16,19)20)14(7-22)12-5-15(27-2)17-13(6-21)8-24-26(17)9-12;2*1-2/h5,7-9,16,23H,3-4,10,22H2,1-2H3;2*1-2H3/b14-7+,25-11?;;. The Morgan fingerprint density at radius 2 is 2.10 bits per heavy atom. The molecule has 1 saturated heterocycles. The van der Waals surface area contributed by atoms with Crippen molar-refractivity contribution < 1.29 is 13.5 Å². The van der Waals surface area contributed by atoms with E-state index >= 15 is 0 Å². The van der Waals surface area contributed by atoms with E-state index in [9.17, 15) is 14.0 Å². The van der Waals surface area contributed by atoms with Crippen LogP contribution >= 0.6 is 0 Å². The first-order valence-electron chi connectivity index (χ1n) is 10.4. The maximum Gasteiger partial charge on any atom is 0.282 e. The zero-order valence-corrected chi connectivity index (χ0v) is 19.0. The number of hydrogen-bond donors (Lipinski definition) is 2. The normalized spacial score (nSPS) is 18.2. The van der Waals surface area contributed by atoms with E-state index in [4.69, 9.17) is 10.5 Å². The SMILES string of the molecule is CC.CC.COc1cc(/C(=C/N)C(C)=NC2CCNCC2(F)F)cn2ncc(C#N)c12. The lowest BCUT2D eigenvalue weighted by Crippen LogP contribution is -2.48. The second kappa shape index (κ2) is 12.0. The molecule has 3 rings (SSSR count). The van der Waals surface area contributed by atoms with E-state index < -0.39 is 12.0 Å². The molecule has 0 amide bonds. The lowest BCUT2D eigenvalue weighted by Gasteiger charge is -2.29. The van der Waals surface area contributed by atoms with Crippen molar-refractivity contribution in [3.05, 3.63) is 35.8 Å². The van der Waals surface area contributed by atoms with Gasteiger partial charge in [0.1, 0.15) is 28.9 Å². The minimum Gasteiger partial charge on any atom is -0.494 e. The fraction of sp³-hybridized carbons (Fsp3) is 0.500. The van der Waals surface area contributed by atoms with Crippen LogP contribution in [-0.2, 0) is 0 Å². The molecular formula is C22H32F2N6O. The van der Waals surface area contributed by atoms with Crippen LogP contribution in [-0.4, -0.2) is 47.5 Å². The van der Waals surface area contributed by atoms with Gasteiger partial charge in [-0.15, -0.1) is 0 Å². The largest absolute Gasteiger partial charge is 0.494 e. The van der Waals surface area contributed by atoms with Gasteiger partial charge in [0.15, 0.2) is 0 Å². The lowest BCUT2D eigenvalue weighted by atomic mass is 10.0. The van der Waals surface area contributed by atoms with Gasteiger partial charge < -0.3 is 15.8 Å². The number of alkyl halides is 2. The Morgan fingerprint density at radius 1 is 1.42 bits per heavy atom. The van der Waals surface area contributed by atoms with E-state index in [1.54, 1.807) is 19.2 Å². The topological polar surface area (TPSA) is 101 Å². The molecular weight excluding hydrogens is 402 g/mol. The van der Waals surface area contributed by atoms with Crippen LogP contribution in [0.1, 0.15) is 52.2 Å². The van der Waals surface area contributed by atoms with Crippen LogP contribution in [0.2, 0.25) is 0 Å². The summed E-state index contributed by atoms with van der Waals surface area (Å²) in [4.78, 5) is 4.25. The van der Waals surface area contributed by atoms with Crippen LogP contribution < -0.4 is 15.8 Å². The monoisotopic (exact) mass is 434 g/mol. The molecule has 3 heterocycles. The number of rotatable bonds is 4. The molecule has 3 N–H and O–H groups in total. The van der Waals surface area contributed by atoms with E-state index in [1.165, 1.54) is 24.0 Å². The number of hydrogen-bond acceptors (Lipinski definition) is 6. The molecule has 0 bridgehead atoms. The Labute approximate surface area is 182 Å². The molecule has 0 aliphatic carbocycles. The van der Waals surface area contributed by atoms with Gasteiger partial charge >= 0.3 is 0 Å². The molecule has 170 valence electrons. The average molecular weight is 435 g/mol. The van der Waals surface area contributed by atoms with E-state index in [0.29, 0.717) is 40.2 Å². The average Bonchev–Trinajstić information content (AvgIpc) is 3.21.